The van der Waals surface area contributed by atoms with Gasteiger partial charge < -0.3 is 26.3 Å². The summed E-state index contributed by atoms with van der Waals surface area (Å²) in [5.74, 6) is 0. The van der Waals surface area contributed by atoms with E-state index in [2.05, 4.69) is 61.8 Å². The van der Waals surface area contributed by atoms with Gasteiger partial charge in [0.1, 0.15) is 11.2 Å². The number of furan rings is 1. The molecule has 6 rings (SSSR count). The molecule has 0 aliphatic carbocycles. The molecule has 0 amide bonds. The SMILES string of the molecule is C=Cc1cc(C)ccc1Nc1ccc2oc3c(-c4ccc(C(=N)/C=C(\N)c5ccc(C(=C)/C=C\C=N)cc5)cc4)cccc3c2c1. The molecule has 0 saturated heterocycles. The molecule has 0 fully saturated rings. The van der Waals surface area contributed by atoms with Crippen LogP contribution in [0.15, 0.2) is 139 Å². The summed E-state index contributed by atoms with van der Waals surface area (Å²) in [5.41, 5.74) is 18.4. The Morgan fingerprint density at radius 2 is 1.59 bits per heavy atom. The van der Waals surface area contributed by atoms with Crippen molar-refractivity contribution in [3.63, 3.8) is 0 Å². The number of benzene rings is 5. The van der Waals surface area contributed by atoms with Crippen LogP contribution in [0.4, 0.5) is 11.4 Å². The van der Waals surface area contributed by atoms with Gasteiger partial charge in [0.05, 0.1) is 5.71 Å². The third-order valence-electron chi connectivity index (χ3n) is 7.99. The number of anilines is 2. The maximum absolute atomic E-state index is 8.68. The summed E-state index contributed by atoms with van der Waals surface area (Å²) in [6.45, 7) is 10.1. The van der Waals surface area contributed by atoms with Gasteiger partial charge in [-0.1, -0.05) is 104 Å². The Bertz CT molecular complexity index is 2200. The molecule has 0 spiro atoms. The van der Waals surface area contributed by atoms with E-state index >= 15 is 0 Å². The van der Waals surface area contributed by atoms with Gasteiger partial charge >= 0.3 is 0 Å². The second-order valence-corrected chi connectivity index (χ2v) is 11.1. The van der Waals surface area contributed by atoms with Crippen molar-refractivity contribution in [3.8, 4) is 11.1 Å². The molecule has 5 aromatic carbocycles. The van der Waals surface area contributed by atoms with Crippen molar-refractivity contribution in [2.45, 2.75) is 6.92 Å². The van der Waals surface area contributed by atoms with Gasteiger partial charge in [0.2, 0.25) is 0 Å². The second kappa shape index (κ2) is 12.8. The third-order valence-corrected chi connectivity index (χ3v) is 7.99. The van der Waals surface area contributed by atoms with Crippen molar-refractivity contribution in [2.75, 3.05) is 5.32 Å². The summed E-state index contributed by atoms with van der Waals surface area (Å²) < 4.78 is 6.39. The Morgan fingerprint density at radius 3 is 2.33 bits per heavy atom. The highest BCUT2D eigenvalue weighted by atomic mass is 16.3. The minimum atomic E-state index is 0.321. The van der Waals surface area contributed by atoms with Crippen molar-refractivity contribution in [3.05, 3.63) is 162 Å². The van der Waals surface area contributed by atoms with Crippen molar-refractivity contribution in [1.82, 2.24) is 0 Å². The van der Waals surface area contributed by atoms with Crippen LogP contribution in [0.1, 0.15) is 27.8 Å². The third kappa shape index (κ3) is 6.07. The molecule has 5 N–H and O–H groups in total. The standard InChI is InChI=1S/C41H34N4O/c1-4-28-23-26(2)10-20-39(28)45-33-19-21-40-36(24-33)35-9-5-8-34(41(35)46-40)30-13-17-32(18-14-30)38(44)25-37(43)31-15-11-29(12-16-31)27(3)7-6-22-42/h4-25,42,44-45H,1,3,43H2,2H3/b7-6-,37-25-,42-22?,44-38?. The van der Waals surface area contributed by atoms with Gasteiger partial charge in [-0.3, -0.25) is 0 Å². The summed E-state index contributed by atoms with van der Waals surface area (Å²) in [6.07, 6.45) is 8.18. The Kier molecular flexibility index (Phi) is 8.31. The molecule has 46 heavy (non-hydrogen) atoms. The fourth-order valence-corrected chi connectivity index (χ4v) is 5.51. The molecule has 0 aliphatic rings. The first kappa shape index (κ1) is 29.9. The van der Waals surface area contributed by atoms with Gasteiger partial charge in [-0.2, -0.15) is 0 Å². The quantitative estimate of drug-likeness (QED) is 0.0932. The zero-order valence-corrected chi connectivity index (χ0v) is 25.6. The number of fused-ring (bicyclic) bond motifs is 3. The lowest BCUT2D eigenvalue weighted by Gasteiger charge is -2.10. The van der Waals surface area contributed by atoms with E-state index in [1.165, 1.54) is 11.8 Å². The molecular weight excluding hydrogens is 564 g/mol. The lowest BCUT2D eigenvalue weighted by atomic mass is 9.99. The van der Waals surface area contributed by atoms with Crippen molar-refractivity contribution >= 4 is 62.6 Å². The van der Waals surface area contributed by atoms with E-state index < -0.39 is 0 Å². The molecule has 5 nitrogen and oxygen atoms in total. The number of hydrogen-bond donors (Lipinski definition) is 4. The zero-order chi connectivity index (χ0) is 32.2. The lowest BCUT2D eigenvalue weighted by Crippen LogP contribution is -2.02. The van der Waals surface area contributed by atoms with Crippen LogP contribution < -0.4 is 11.1 Å². The van der Waals surface area contributed by atoms with Gasteiger partial charge in [-0.25, -0.2) is 0 Å². The predicted octanol–water partition coefficient (Wildman–Crippen LogP) is 10.5. The summed E-state index contributed by atoms with van der Waals surface area (Å²) in [5, 5.41) is 21.4. The maximum atomic E-state index is 8.68. The van der Waals surface area contributed by atoms with E-state index in [-0.39, 0.29) is 0 Å². The monoisotopic (exact) mass is 598 g/mol. The fourth-order valence-electron chi connectivity index (χ4n) is 5.51. The van der Waals surface area contributed by atoms with Crippen LogP contribution in [0, 0.1) is 17.7 Å². The Morgan fingerprint density at radius 1 is 0.848 bits per heavy atom. The van der Waals surface area contributed by atoms with Crippen molar-refractivity contribution < 1.29 is 4.42 Å². The fraction of sp³-hybridized carbons (Fsp3) is 0.0244. The number of allylic oxidation sites excluding steroid dienone is 4. The topological polar surface area (TPSA) is 98.9 Å². The molecule has 5 heteroatoms. The average Bonchev–Trinajstić information content (AvgIpc) is 3.46. The Labute approximate surface area is 268 Å². The smallest absolute Gasteiger partial charge is 0.143 e. The molecule has 0 aliphatic heterocycles. The summed E-state index contributed by atoms with van der Waals surface area (Å²) in [7, 11) is 0. The number of rotatable bonds is 10. The van der Waals surface area contributed by atoms with Crippen LogP contribution in [0.2, 0.25) is 0 Å². The first-order chi connectivity index (χ1) is 22.3. The molecule has 0 bridgehead atoms. The normalized spacial score (nSPS) is 11.6. The summed E-state index contributed by atoms with van der Waals surface area (Å²) in [4.78, 5) is 0. The number of nitrogens with one attached hydrogen (secondary N) is 3. The predicted molar refractivity (Wildman–Crippen MR) is 196 cm³/mol. The Hall–Kier alpha value is -6.20. The average molecular weight is 599 g/mol. The van der Waals surface area contributed by atoms with E-state index in [4.69, 9.17) is 21.0 Å². The van der Waals surface area contributed by atoms with Gasteiger partial charge in [0, 0.05) is 39.6 Å². The van der Waals surface area contributed by atoms with Crippen molar-refractivity contribution in [2.24, 2.45) is 5.73 Å². The highest BCUT2D eigenvalue weighted by Gasteiger charge is 2.14. The van der Waals surface area contributed by atoms with Crippen LogP contribution in [-0.2, 0) is 0 Å². The Balaban J connectivity index is 1.23. The molecule has 1 aromatic heterocycles. The van der Waals surface area contributed by atoms with Gasteiger partial charge in [-0.15, -0.1) is 0 Å². The molecule has 6 aromatic rings. The van der Waals surface area contributed by atoms with Crippen LogP contribution in [0.25, 0.3) is 50.4 Å². The maximum Gasteiger partial charge on any atom is 0.143 e. The number of nitrogens with two attached hydrogens (primary N) is 1. The molecular formula is C41H34N4O. The van der Waals surface area contributed by atoms with Gasteiger partial charge in [-0.05, 0) is 82.8 Å². The first-order valence-electron chi connectivity index (χ1n) is 14.9. The van der Waals surface area contributed by atoms with Gasteiger partial charge in [0.15, 0.2) is 0 Å². The van der Waals surface area contributed by atoms with E-state index in [0.717, 1.165) is 72.3 Å². The highest BCUT2D eigenvalue weighted by molar-refractivity contribution is 6.12. The minimum Gasteiger partial charge on any atom is -0.455 e. The molecule has 0 unspecified atom stereocenters. The van der Waals surface area contributed by atoms with Crippen LogP contribution in [0.3, 0.4) is 0 Å². The second-order valence-electron chi connectivity index (χ2n) is 11.1. The molecule has 0 saturated carbocycles. The summed E-state index contributed by atoms with van der Waals surface area (Å²) in [6, 6.07) is 34.2. The van der Waals surface area contributed by atoms with E-state index in [9.17, 15) is 0 Å². The number of aryl methyl sites for hydroxylation is 1. The molecule has 224 valence electrons. The van der Waals surface area contributed by atoms with Crippen molar-refractivity contribution in [1.29, 1.82) is 10.8 Å². The van der Waals surface area contributed by atoms with Crippen LogP contribution >= 0.6 is 0 Å². The summed E-state index contributed by atoms with van der Waals surface area (Å²) >= 11 is 0. The largest absolute Gasteiger partial charge is 0.455 e. The van der Waals surface area contributed by atoms with Gasteiger partial charge in [0.25, 0.3) is 0 Å². The number of hydrogen-bond acceptors (Lipinski definition) is 5. The van der Waals surface area contributed by atoms with E-state index in [1.807, 2.05) is 72.8 Å². The first-order valence-corrected chi connectivity index (χ1v) is 14.9. The molecule has 0 radical (unpaired) electrons. The molecule has 1 heterocycles. The van der Waals surface area contributed by atoms with Crippen LogP contribution in [0.5, 0.6) is 0 Å². The lowest BCUT2D eigenvalue weighted by molar-refractivity contribution is 0.670. The zero-order valence-electron chi connectivity index (χ0n) is 25.6. The van der Waals surface area contributed by atoms with E-state index in [0.29, 0.717) is 11.4 Å². The minimum absolute atomic E-state index is 0.321. The molecule has 0 atom stereocenters. The highest BCUT2D eigenvalue weighted by Crippen LogP contribution is 2.37. The van der Waals surface area contributed by atoms with Crippen LogP contribution in [-0.4, -0.2) is 11.9 Å². The number of para-hydroxylation sites is 1. The van der Waals surface area contributed by atoms with E-state index in [1.54, 1.807) is 18.2 Å².